The number of aryl methyl sites for hydroxylation is 1. The van der Waals surface area contributed by atoms with Crippen LogP contribution in [0.2, 0.25) is 0 Å². The molecule has 0 saturated heterocycles. The van der Waals surface area contributed by atoms with Crippen molar-refractivity contribution in [1.82, 2.24) is 0 Å². The molecule has 0 aliphatic rings. The van der Waals surface area contributed by atoms with E-state index in [1.807, 2.05) is 0 Å². The highest BCUT2D eigenvalue weighted by Gasteiger charge is 2.11. The number of unbranched alkanes of at least 4 members (excludes halogenated alkanes) is 2. The summed E-state index contributed by atoms with van der Waals surface area (Å²) in [6, 6.07) is 4.25. The Balaban J connectivity index is 2.35. The molecule has 0 bridgehead atoms. The fourth-order valence-electron chi connectivity index (χ4n) is 1.47. The van der Waals surface area contributed by atoms with Crippen molar-refractivity contribution in [3.05, 3.63) is 21.9 Å². The Morgan fingerprint density at radius 2 is 2.20 bits per heavy atom. The first kappa shape index (κ1) is 12.7. The lowest BCUT2D eigenvalue weighted by atomic mass is 10.2. The molecule has 15 heavy (non-hydrogen) atoms. The average Bonchev–Trinajstić information content (AvgIpc) is 2.65. The molecule has 86 valence electrons. The van der Waals surface area contributed by atoms with Gasteiger partial charge in [-0.25, -0.2) is 0 Å². The third kappa shape index (κ3) is 4.33. The quantitative estimate of drug-likeness (QED) is 0.726. The average molecular weight is 227 g/mol. The third-order valence-electron chi connectivity index (χ3n) is 2.36. The molecule has 0 radical (unpaired) electrons. The van der Waals surface area contributed by atoms with E-state index in [9.17, 15) is 0 Å². The molecule has 1 atom stereocenters. The van der Waals surface area contributed by atoms with Crippen LogP contribution >= 0.6 is 11.3 Å². The second-order valence-electron chi connectivity index (χ2n) is 3.75. The molecule has 0 aromatic carbocycles. The molecule has 1 rings (SSSR count). The van der Waals surface area contributed by atoms with Gasteiger partial charge in [0.05, 0.1) is 0 Å². The summed E-state index contributed by atoms with van der Waals surface area (Å²) in [6.45, 7) is 5.71. The van der Waals surface area contributed by atoms with Gasteiger partial charge >= 0.3 is 0 Å². The maximum Gasteiger partial charge on any atom is 0.104 e. The van der Waals surface area contributed by atoms with Gasteiger partial charge in [0.1, 0.15) is 6.10 Å². The maximum absolute atomic E-state index is 5.78. The van der Waals surface area contributed by atoms with Gasteiger partial charge in [-0.1, -0.05) is 19.8 Å². The van der Waals surface area contributed by atoms with Crippen LogP contribution in [0.1, 0.15) is 42.0 Å². The normalized spacial score (nSPS) is 13.0. The monoisotopic (exact) mass is 227 g/mol. The highest BCUT2D eigenvalue weighted by atomic mass is 32.1. The van der Waals surface area contributed by atoms with Crippen molar-refractivity contribution in [2.24, 2.45) is 5.73 Å². The standard InChI is InChI=1S/C12H21NOS/c1-3-4-5-8-14-11(9-13)12-7-6-10(2)15-12/h6-7,11H,3-5,8-9,13H2,1-2H3. The Morgan fingerprint density at radius 1 is 1.40 bits per heavy atom. The van der Waals surface area contributed by atoms with Crippen LogP contribution in [0.5, 0.6) is 0 Å². The minimum absolute atomic E-state index is 0.0977. The van der Waals surface area contributed by atoms with Crippen LogP contribution in [-0.4, -0.2) is 13.2 Å². The molecule has 3 heteroatoms. The number of rotatable bonds is 7. The number of hydrogen-bond donors (Lipinski definition) is 1. The highest BCUT2D eigenvalue weighted by molar-refractivity contribution is 7.12. The molecular formula is C12H21NOS. The molecule has 0 spiro atoms. The summed E-state index contributed by atoms with van der Waals surface area (Å²) < 4.78 is 5.78. The van der Waals surface area contributed by atoms with Crippen LogP contribution in [0.3, 0.4) is 0 Å². The molecule has 2 N–H and O–H groups in total. The summed E-state index contributed by atoms with van der Waals surface area (Å²) >= 11 is 1.78. The topological polar surface area (TPSA) is 35.2 Å². The lowest BCUT2D eigenvalue weighted by Gasteiger charge is -2.14. The van der Waals surface area contributed by atoms with E-state index in [4.69, 9.17) is 10.5 Å². The fourth-order valence-corrected chi connectivity index (χ4v) is 2.41. The summed E-state index contributed by atoms with van der Waals surface area (Å²) in [4.78, 5) is 2.58. The van der Waals surface area contributed by atoms with Crippen LogP contribution in [0, 0.1) is 6.92 Å². The van der Waals surface area contributed by atoms with E-state index >= 15 is 0 Å². The van der Waals surface area contributed by atoms with E-state index in [0.717, 1.165) is 13.0 Å². The first-order valence-electron chi connectivity index (χ1n) is 5.66. The van der Waals surface area contributed by atoms with Gasteiger partial charge in [-0.05, 0) is 25.5 Å². The van der Waals surface area contributed by atoms with Gasteiger partial charge in [0, 0.05) is 22.9 Å². The van der Waals surface area contributed by atoms with Crippen LogP contribution in [0.4, 0.5) is 0 Å². The van der Waals surface area contributed by atoms with E-state index in [-0.39, 0.29) is 6.10 Å². The van der Waals surface area contributed by atoms with Crippen molar-refractivity contribution < 1.29 is 4.74 Å². The second-order valence-corrected chi connectivity index (χ2v) is 5.07. The van der Waals surface area contributed by atoms with Crippen molar-refractivity contribution >= 4 is 11.3 Å². The van der Waals surface area contributed by atoms with Gasteiger partial charge in [0.25, 0.3) is 0 Å². The Labute approximate surface area is 96.4 Å². The minimum Gasteiger partial charge on any atom is -0.371 e. The fraction of sp³-hybridized carbons (Fsp3) is 0.667. The molecule has 0 fully saturated rings. The summed E-state index contributed by atoms with van der Waals surface area (Å²) in [5.74, 6) is 0. The van der Waals surface area contributed by atoms with E-state index < -0.39 is 0 Å². The number of hydrogen-bond acceptors (Lipinski definition) is 3. The predicted molar refractivity (Wildman–Crippen MR) is 66.3 cm³/mol. The molecule has 1 heterocycles. The van der Waals surface area contributed by atoms with Crippen molar-refractivity contribution in [2.75, 3.05) is 13.2 Å². The van der Waals surface area contributed by atoms with Gasteiger partial charge in [0.15, 0.2) is 0 Å². The smallest absolute Gasteiger partial charge is 0.104 e. The second kappa shape index (κ2) is 6.99. The minimum atomic E-state index is 0.0977. The molecule has 2 nitrogen and oxygen atoms in total. The van der Waals surface area contributed by atoms with E-state index in [1.54, 1.807) is 11.3 Å². The van der Waals surface area contributed by atoms with Gasteiger partial charge in [-0.15, -0.1) is 11.3 Å². The Hall–Kier alpha value is -0.380. The van der Waals surface area contributed by atoms with E-state index in [0.29, 0.717) is 6.54 Å². The SMILES string of the molecule is CCCCCOC(CN)c1ccc(C)s1. The van der Waals surface area contributed by atoms with Crippen molar-refractivity contribution in [1.29, 1.82) is 0 Å². The van der Waals surface area contributed by atoms with Crippen LogP contribution in [0.15, 0.2) is 12.1 Å². The Morgan fingerprint density at radius 3 is 2.73 bits per heavy atom. The molecular weight excluding hydrogens is 206 g/mol. The zero-order valence-electron chi connectivity index (χ0n) is 9.66. The van der Waals surface area contributed by atoms with Gasteiger partial charge < -0.3 is 10.5 Å². The first-order chi connectivity index (χ1) is 7.27. The summed E-state index contributed by atoms with van der Waals surface area (Å²) in [7, 11) is 0. The lowest BCUT2D eigenvalue weighted by molar-refractivity contribution is 0.0583. The van der Waals surface area contributed by atoms with Gasteiger partial charge in [-0.3, -0.25) is 0 Å². The third-order valence-corrected chi connectivity index (χ3v) is 3.45. The zero-order valence-corrected chi connectivity index (χ0v) is 10.5. The Kier molecular flexibility index (Phi) is 5.91. The zero-order chi connectivity index (χ0) is 11.1. The van der Waals surface area contributed by atoms with E-state index in [2.05, 4.69) is 26.0 Å². The summed E-state index contributed by atoms with van der Waals surface area (Å²) in [6.07, 6.45) is 3.70. The molecule has 1 unspecified atom stereocenters. The first-order valence-corrected chi connectivity index (χ1v) is 6.47. The molecule has 0 aliphatic heterocycles. The molecule has 1 aromatic heterocycles. The predicted octanol–water partition coefficient (Wildman–Crippen LogP) is 3.26. The van der Waals surface area contributed by atoms with Crippen LogP contribution in [0.25, 0.3) is 0 Å². The van der Waals surface area contributed by atoms with Crippen LogP contribution in [-0.2, 0) is 4.74 Å². The van der Waals surface area contributed by atoms with Crippen LogP contribution < -0.4 is 5.73 Å². The molecule has 1 aromatic rings. The highest BCUT2D eigenvalue weighted by Crippen LogP contribution is 2.24. The Bertz CT molecular complexity index is 272. The summed E-state index contributed by atoms with van der Waals surface area (Å²) in [5, 5.41) is 0. The van der Waals surface area contributed by atoms with Crippen molar-refractivity contribution in [3.63, 3.8) is 0 Å². The van der Waals surface area contributed by atoms with Gasteiger partial charge in [0.2, 0.25) is 0 Å². The largest absolute Gasteiger partial charge is 0.371 e. The molecule has 0 saturated carbocycles. The van der Waals surface area contributed by atoms with Crippen molar-refractivity contribution in [3.8, 4) is 0 Å². The van der Waals surface area contributed by atoms with Crippen molar-refractivity contribution in [2.45, 2.75) is 39.2 Å². The maximum atomic E-state index is 5.78. The van der Waals surface area contributed by atoms with E-state index in [1.165, 1.54) is 22.6 Å². The number of ether oxygens (including phenoxy) is 1. The van der Waals surface area contributed by atoms with Gasteiger partial charge in [-0.2, -0.15) is 0 Å². The molecule has 0 aliphatic carbocycles. The molecule has 0 amide bonds. The summed E-state index contributed by atoms with van der Waals surface area (Å²) in [5.41, 5.74) is 5.71. The number of thiophene rings is 1. The lowest BCUT2D eigenvalue weighted by Crippen LogP contribution is -2.15. The number of nitrogens with two attached hydrogens (primary N) is 1.